The number of nitrogens with zero attached hydrogens (tertiary/aromatic N) is 2. The number of carboxylic acids is 1. The van der Waals surface area contributed by atoms with Crippen molar-refractivity contribution in [2.45, 2.75) is 31.3 Å². The maximum absolute atomic E-state index is 16.1. The van der Waals surface area contributed by atoms with Crippen LogP contribution in [-0.2, 0) is 0 Å². The second-order valence-electron chi connectivity index (χ2n) is 8.94. The Kier molecular flexibility index (Phi) is 4.93. The van der Waals surface area contributed by atoms with E-state index in [2.05, 4.69) is 24.0 Å². The van der Waals surface area contributed by atoms with Crippen molar-refractivity contribution in [1.82, 2.24) is 9.88 Å². The lowest BCUT2D eigenvalue weighted by atomic mass is 9.82. The van der Waals surface area contributed by atoms with Gasteiger partial charge >= 0.3 is 5.97 Å². The zero-order valence-electron chi connectivity index (χ0n) is 17.8. The van der Waals surface area contributed by atoms with Crippen molar-refractivity contribution in [2.75, 3.05) is 25.0 Å². The number of pyridine rings is 1. The monoisotopic (exact) mass is 441 g/mol. The third-order valence-corrected chi connectivity index (χ3v) is 7.12. The van der Waals surface area contributed by atoms with E-state index in [0.717, 1.165) is 19.3 Å². The Bertz CT molecular complexity index is 1230. The number of carbonyl (C=O) groups is 1. The normalized spacial score (nSPS) is 24.7. The zero-order valence-corrected chi connectivity index (χ0v) is 17.8. The van der Waals surface area contributed by atoms with Gasteiger partial charge in [0, 0.05) is 42.9 Å². The van der Waals surface area contributed by atoms with E-state index in [0.29, 0.717) is 13.1 Å². The van der Waals surface area contributed by atoms with Gasteiger partial charge in [-0.15, -0.1) is 0 Å². The van der Waals surface area contributed by atoms with Gasteiger partial charge in [-0.1, -0.05) is 24.8 Å². The summed E-state index contributed by atoms with van der Waals surface area (Å²) < 4.78 is 33.3. The molecule has 168 valence electrons. The predicted molar refractivity (Wildman–Crippen MR) is 119 cm³/mol. The molecule has 3 unspecified atom stereocenters. The molecule has 0 spiro atoms. The first kappa shape index (κ1) is 20.9. The molecule has 1 saturated carbocycles. The Labute approximate surface area is 183 Å². The maximum atomic E-state index is 16.1. The molecule has 2 fully saturated rings. The summed E-state index contributed by atoms with van der Waals surface area (Å²) in [6, 6.07) is 0.0210. The summed E-state index contributed by atoms with van der Waals surface area (Å²) in [4.78, 5) is 26.4. The zero-order chi connectivity index (χ0) is 22.7. The maximum Gasteiger partial charge on any atom is 0.341 e. The second-order valence-corrected chi connectivity index (χ2v) is 8.94. The number of carboxylic acid groups (broad SMARTS) is 1. The molecule has 0 radical (unpaired) electrons. The highest BCUT2D eigenvalue weighted by molar-refractivity contribution is 5.98. The second kappa shape index (κ2) is 7.55. The van der Waals surface area contributed by atoms with E-state index in [1.54, 1.807) is 4.90 Å². The Morgan fingerprint density at radius 2 is 2.03 bits per heavy atom. The van der Waals surface area contributed by atoms with Crippen molar-refractivity contribution in [1.29, 1.82) is 0 Å². The van der Waals surface area contributed by atoms with E-state index in [-0.39, 0.29) is 46.1 Å². The van der Waals surface area contributed by atoms with Crippen molar-refractivity contribution >= 4 is 28.6 Å². The minimum Gasteiger partial charge on any atom is -0.477 e. The Balaban J connectivity index is 1.75. The standard InChI is InChI=1S/C24H25F2N3O3/c1-3-14-18-21(29(13-7-8-13)11-16(23(18)30)24(31)32)20(26)22(19(14)25)28-9-12-5-4-6-17(27-2)15(12)10-28/h3-4,6,11-13,15,17,27H,1,5,7-10H2,2H3,(H,31,32). The fourth-order valence-electron chi connectivity index (χ4n) is 5.40. The number of hydrogen-bond acceptors (Lipinski definition) is 4. The van der Waals surface area contributed by atoms with E-state index in [1.807, 2.05) is 7.05 Å². The molecule has 2 aliphatic carbocycles. The summed E-state index contributed by atoms with van der Waals surface area (Å²) in [7, 11) is 1.88. The summed E-state index contributed by atoms with van der Waals surface area (Å²) in [6.07, 6.45) is 8.93. The van der Waals surface area contributed by atoms with Crippen LogP contribution in [0.5, 0.6) is 0 Å². The minimum atomic E-state index is -1.42. The van der Waals surface area contributed by atoms with Gasteiger partial charge in [-0.2, -0.15) is 0 Å². The molecule has 32 heavy (non-hydrogen) atoms. The van der Waals surface area contributed by atoms with Gasteiger partial charge in [0.25, 0.3) is 0 Å². The van der Waals surface area contributed by atoms with Gasteiger partial charge < -0.3 is 19.9 Å². The number of allylic oxidation sites excluding steroid dienone is 1. The number of nitrogens with one attached hydrogen (secondary N) is 1. The molecule has 1 saturated heterocycles. The number of benzene rings is 1. The lowest BCUT2D eigenvalue weighted by molar-refractivity contribution is 0.0694. The van der Waals surface area contributed by atoms with Crippen LogP contribution in [0.15, 0.2) is 29.7 Å². The molecule has 2 heterocycles. The highest BCUT2D eigenvalue weighted by atomic mass is 19.1. The molecule has 2 aromatic rings. The van der Waals surface area contributed by atoms with Crippen molar-refractivity contribution in [3.63, 3.8) is 0 Å². The average molecular weight is 441 g/mol. The molecular formula is C24H25F2N3O3. The molecular weight excluding hydrogens is 416 g/mol. The van der Waals surface area contributed by atoms with Gasteiger partial charge in [0.2, 0.25) is 5.43 Å². The summed E-state index contributed by atoms with van der Waals surface area (Å²) >= 11 is 0. The Morgan fingerprint density at radius 3 is 2.66 bits per heavy atom. The molecule has 1 aromatic carbocycles. The molecule has 8 heteroatoms. The van der Waals surface area contributed by atoms with Crippen molar-refractivity contribution in [3.8, 4) is 0 Å². The SMILES string of the molecule is C=Cc1c(F)c(N2CC3CC=CC(NC)C3C2)c(F)c2c1c(=O)c(C(=O)O)cn2C1CC1. The van der Waals surface area contributed by atoms with Crippen LogP contribution >= 0.6 is 0 Å². The van der Waals surface area contributed by atoms with Crippen LogP contribution < -0.4 is 15.6 Å². The number of rotatable bonds is 5. The van der Waals surface area contributed by atoms with Crippen molar-refractivity contribution in [3.05, 3.63) is 57.9 Å². The number of likely N-dealkylation sites (N-methyl/N-ethyl adjacent to an activating group) is 1. The molecule has 3 aliphatic rings. The molecule has 5 rings (SSSR count). The molecule has 6 nitrogen and oxygen atoms in total. The fraction of sp³-hybridized carbons (Fsp3) is 0.417. The summed E-state index contributed by atoms with van der Waals surface area (Å²) in [6.45, 7) is 4.63. The molecule has 0 amide bonds. The van der Waals surface area contributed by atoms with Crippen LogP contribution in [0.25, 0.3) is 17.0 Å². The smallest absolute Gasteiger partial charge is 0.341 e. The summed E-state index contributed by atoms with van der Waals surface area (Å²) in [5.41, 5.74) is -1.72. The van der Waals surface area contributed by atoms with E-state index in [4.69, 9.17) is 0 Å². The van der Waals surface area contributed by atoms with E-state index < -0.39 is 28.6 Å². The number of anilines is 1. The Hall–Kier alpha value is -3.00. The first-order chi connectivity index (χ1) is 15.4. The van der Waals surface area contributed by atoms with E-state index >= 15 is 8.78 Å². The van der Waals surface area contributed by atoms with Gasteiger partial charge in [0.15, 0.2) is 11.6 Å². The topological polar surface area (TPSA) is 74.6 Å². The van der Waals surface area contributed by atoms with Gasteiger partial charge in [-0.3, -0.25) is 4.79 Å². The summed E-state index contributed by atoms with van der Waals surface area (Å²) in [5.74, 6) is -2.61. The van der Waals surface area contributed by atoms with E-state index in [9.17, 15) is 14.7 Å². The number of aromatic nitrogens is 1. The third-order valence-electron chi connectivity index (χ3n) is 7.12. The van der Waals surface area contributed by atoms with Gasteiger partial charge in [-0.25, -0.2) is 13.6 Å². The lowest BCUT2D eigenvalue weighted by Gasteiger charge is -2.28. The van der Waals surface area contributed by atoms with Gasteiger partial charge in [0.1, 0.15) is 11.3 Å². The van der Waals surface area contributed by atoms with Crippen LogP contribution in [0.4, 0.5) is 14.5 Å². The number of aromatic carboxylic acids is 1. The number of halogens is 2. The largest absolute Gasteiger partial charge is 0.477 e. The first-order valence-electron chi connectivity index (χ1n) is 10.9. The Morgan fingerprint density at radius 1 is 1.28 bits per heavy atom. The third kappa shape index (κ3) is 3.00. The lowest BCUT2D eigenvalue weighted by Crippen LogP contribution is -2.38. The van der Waals surface area contributed by atoms with Crippen LogP contribution in [0.1, 0.15) is 41.2 Å². The molecule has 0 bridgehead atoms. The van der Waals surface area contributed by atoms with Crippen LogP contribution in [0, 0.1) is 23.5 Å². The van der Waals surface area contributed by atoms with Crippen molar-refractivity contribution in [2.24, 2.45) is 11.8 Å². The highest BCUT2D eigenvalue weighted by Gasteiger charge is 2.41. The first-order valence-corrected chi connectivity index (χ1v) is 10.9. The fourth-order valence-corrected chi connectivity index (χ4v) is 5.40. The van der Waals surface area contributed by atoms with Crippen LogP contribution in [0.3, 0.4) is 0 Å². The molecule has 1 aliphatic heterocycles. The highest BCUT2D eigenvalue weighted by Crippen LogP contribution is 2.43. The van der Waals surface area contributed by atoms with Gasteiger partial charge in [0.05, 0.1) is 10.9 Å². The minimum absolute atomic E-state index is 0.0352. The van der Waals surface area contributed by atoms with Gasteiger partial charge in [-0.05, 0) is 32.2 Å². The molecule has 2 N–H and O–H groups in total. The van der Waals surface area contributed by atoms with E-state index in [1.165, 1.54) is 16.8 Å². The molecule has 1 aromatic heterocycles. The summed E-state index contributed by atoms with van der Waals surface area (Å²) in [5, 5.41) is 12.5. The predicted octanol–water partition coefficient (Wildman–Crippen LogP) is 3.56. The average Bonchev–Trinajstić information content (AvgIpc) is 3.52. The number of fused-ring (bicyclic) bond motifs is 2. The van der Waals surface area contributed by atoms with Crippen LogP contribution in [0.2, 0.25) is 0 Å². The quantitative estimate of drug-likeness (QED) is 0.695. The number of hydrogen-bond donors (Lipinski definition) is 2. The van der Waals surface area contributed by atoms with Crippen molar-refractivity contribution < 1.29 is 18.7 Å². The molecule has 3 atom stereocenters. The van der Waals surface area contributed by atoms with Crippen LogP contribution in [-0.4, -0.2) is 41.8 Å².